The maximum Gasteiger partial charge on any atom is 0.229 e. The Morgan fingerprint density at radius 2 is 1.89 bits per heavy atom. The molecule has 0 bridgehead atoms. The molecule has 19 heavy (non-hydrogen) atoms. The van der Waals surface area contributed by atoms with E-state index in [9.17, 15) is 0 Å². The minimum atomic E-state index is 0.210. The Morgan fingerprint density at radius 3 is 2.47 bits per heavy atom. The zero-order chi connectivity index (χ0) is 14.2. The highest BCUT2D eigenvalue weighted by atomic mass is 79.9. The van der Waals surface area contributed by atoms with Crippen molar-refractivity contribution < 1.29 is 4.74 Å². The van der Waals surface area contributed by atoms with Crippen molar-refractivity contribution in [3.63, 3.8) is 0 Å². The molecule has 0 N–H and O–H groups in total. The van der Waals surface area contributed by atoms with Gasteiger partial charge in [0.2, 0.25) is 5.28 Å². The zero-order valence-electron chi connectivity index (χ0n) is 10.6. The molecule has 0 aliphatic carbocycles. The summed E-state index contributed by atoms with van der Waals surface area (Å²) < 4.78 is 8.87. The number of ether oxygens (including phenoxy) is 1. The largest absolute Gasteiger partial charge is 0.495 e. The highest BCUT2D eigenvalue weighted by molar-refractivity contribution is 9.11. The third kappa shape index (κ3) is 2.80. The monoisotopic (exact) mass is 407 g/mol. The fourth-order valence-corrected chi connectivity index (χ4v) is 3.27. The van der Waals surface area contributed by atoms with E-state index < -0.39 is 0 Å². The minimum Gasteiger partial charge on any atom is -0.495 e. The second kappa shape index (κ2) is 5.81. The van der Waals surface area contributed by atoms with Crippen LogP contribution in [0, 0.1) is 0 Å². The van der Waals surface area contributed by atoms with Crippen LogP contribution in [0.1, 0.15) is 25.6 Å². The Hall–Kier alpha value is -0.590. The van der Waals surface area contributed by atoms with Gasteiger partial charge in [0.1, 0.15) is 11.6 Å². The van der Waals surface area contributed by atoms with Gasteiger partial charge in [0.05, 0.1) is 17.3 Å². The van der Waals surface area contributed by atoms with Crippen LogP contribution in [0.5, 0.6) is 5.75 Å². The highest BCUT2D eigenvalue weighted by Gasteiger charge is 2.18. The van der Waals surface area contributed by atoms with Crippen LogP contribution in [0.15, 0.2) is 21.1 Å². The van der Waals surface area contributed by atoms with Gasteiger partial charge in [-0.25, -0.2) is 0 Å². The molecule has 0 spiro atoms. The summed E-state index contributed by atoms with van der Waals surface area (Å²) in [5, 5.41) is 8.38. The smallest absolute Gasteiger partial charge is 0.229 e. The fourth-order valence-electron chi connectivity index (χ4n) is 1.72. The van der Waals surface area contributed by atoms with E-state index in [2.05, 4.69) is 42.1 Å². The normalized spacial score (nSPS) is 11.1. The molecule has 0 aliphatic heterocycles. The van der Waals surface area contributed by atoms with Crippen LogP contribution < -0.4 is 4.74 Å². The first-order valence-corrected chi connectivity index (χ1v) is 7.56. The van der Waals surface area contributed by atoms with Crippen molar-refractivity contribution in [1.29, 1.82) is 0 Å². The number of hydrogen-bond acceptors (Lipinski definition) is 3. The number of methoxy groups -OCH3 is 1. The van der Waals surface area contributed by atoms with Gasteiger partial charge in [0.25, 0.3) is 0 Å². The van der Waals surface area contributed by atoms with Gasteiger partial charge in [0.15, 0.2) is 0 Å². The van der Waals surface area contributed by atoms with Crippen molar-refractivity contribution in [2.24, 2.45) is 0 Å². The van der Waals surface area contributed by atoms with Gasteiger partial charge in [-0.1, -0.05) is 13.8 Å². The van der Waals surface area contributed by atoms with E-state index in [4.69, 9.17) is 16.3 Å². The number of nitrogens with zero attached hydrogens (tertiary/aromatic N) is 3. The van der Waals surface area contributed by atoms with E-state index in [1.165, 1.54) is 0 Å². The van der Waals surface area contributed by atoms with E-state index in [1.807, 2.05) is 30.5 Å². The molecule has 1 aromatic heterocycles. The number of benzene rings is 1. The first-order valence-electron chi connectivity index (χ1n) is 5.60. The predicted octanol–water partition coefficient (Wildman–Crippen LogP) is 4.58. The lowest BCUT2D eigenvalue weighted by Gasteiger charge is -2.14. The van der Waals surface area contributed by atoms with Crippen LogP contribution in [-0.4, -0.2) is 21.9 Å². The van der Waals surface area contributed by atoms with Crippen molar-refractivity contribution in [1.82, 2.24) is 14.8 Å². The molecular weight excluding hydrogens is 397 g/mol. The average Bonchev–Trinajstić information content (AvgIpc) is 2.72. The Morgan fingerprint density at radius 1 is 1.21 bits per heavy atom. The van der Waals surface area contributed by atoms with Gasteiger partial charge in [0, 0.05) is 16.5 Å². The van der Waals surface area contributed by atoms with Crippen LogP contribution in [0.2, 0.25) is 5.28 Å². The van der Waals surface area contributed by atoms with Crippen molar-refractivity contribution in [2.75, 3.05) is 7.11 Å². The van der Waals surface area contributed by atoms with Crippen LogP contribution in [-0.2, 0) is 0 Å². The van der Waals surface area contributed by atoms with Gasteiger partial charge in [-0.15, -0.1) is 10.2 Å². The second-order valence-electron chi connectivity index (χ2n) is 4.26. The van der Waals surface area contributed by atoms with Gasteiger partial charge >= 0.3 is 0 Å². The van der Waals surface area contributed by atoms with E-state index >= 15 is 0 Å². The quantitative estimate of drug-likeness (QED) is 0.745. The van der Waals surface area contributed by atoms with Crippen LogP contribution >= 0.6 is 43.5 Å². The van der Waals surface area contributed by atoms with E-state index in [-0.39, 0.29) is 5.92 Å². The van der Waals surface area contributed by atoms with Crippen molar-refractivity contribution in [3.8, 4) is 11.4 Å². The Labute approximate surface area is 133 Å². The lowest BCUT2D eigenvalue weighted by molar-refractivity contribution is 0.412. The number of halogens is 3. The van der Waals surface area contributed by atoms with Crippen LogP contribution in [0.3, 0.4) is 0 Å². The highest BCUT2D eigenvalue weighted by Crippen LogP contribution is 2.35. The molecule has 0 unspecified atom stereocenters. The Kier molecular flexibility index (Phi) is 4.53. The summed E-state index contributed by atoms with van der Waals surface area (Å²) in [7, 11) is 1.62. The molecule has 0 fully saturated rings. The lowest BCUT2D eigenvalue weighted by Crippen LogP contribution is -2.04. The topological polar surface area (TPSA) is 39.9 Å². The third-order valence-electron chi connectivity index (χ3n) is 2.63. The molecule has 0 atom stereocenters. The summed E-state index contributed by atoms with van der Waals surface area (Å²) >= 11 is 13.1. The van der Waals surface area contributed by atoms with Crippen molar-refractivity contribution in [3.05, 3.63) is 32.2 Å². The number of rotatable bonds is 3. The fraction of sp³-hybridized carbons (Fsp3) is 0.333. The maximum atomic E-state index is 6.15. The summed E-state index contributed by atoms with van der Waals surface area (Å²) in [6, 6.07) is 3.80. The zero-order valence-corrected chi connectivity index (χ0v) is 14.5. The SMILES string of the molecule is COc1cc(-n2c(Cl)nnc2C(C)C)c(Br)cc1Br. The Bertz CT molecular complexity index is 613. The molecule has 4 nitrogen and oxygen atoms in total. The molecule has 0 aliphatic rings. The molecular formula is C12H12Br2ClN3O. The summed E-state index contributed by atoms with van der Waals surface area (Å²) in [5.41, 5.74) is 0.846. The van der Waals surface area contributed by atoms with E-state index in [0.717, 1.165) is 26.2 Å². The van der Waals surface area contributed by atoms with Gasteiger partial charge in [-0.3, -0.25) is 4.57 Å². The molecule has 1 heterocycles. The predicted molar refractivity (Wildman–Crippen MR) is 82.4 cm³/mol. The molecule has 2 rings (SSSR count). The van der Waals surface area contributed by atoms with Crippen molar-refractivity contribution in [2.45, 2.75) is 19.8 Å². The maximum absolute atomic E-state index is 6.15. The second-order valence-corrected chi connectivity index (χ2v) is 6.30. The standard InChI is InChI=1S/C12H12Br2ClN3O/c1-6(2)11-16-17-12(15)18(11)9-5-10(19-3)8(14)4-7(9)13/h4-6H,1-3H3. The van der Waals surface area contributed by atoms with E-state index in [0.29, 0.717) is 5.28 Å². The summed E-state index contributed by atoms with van der Waals surface area (Å²) in [5.74, 6) is 1.73. The number of aromatic nitrogens is 3. The molecule has 2 aromatic rings. The van der Waals surface area contributed by atoms with E-state index in [1.54, 1.807) is 7.11 Å². The third-order valence-corrected chi connectivity index (χ3v) is 4.13. The molecule has 0 saturated heterocycles. The van der Waals surface area contributed by atoms with Crippen LogP contribution in [0.25, 0.3) is 5.69 Å². The molecule has 0 radical (unpaired) electrons. The molecule has 0 saturated carbocycles. The average molecular weight is 410 g/mol. The summed E-state index contributed by atoms with van der Waals surface area (Å²) in [6.07, 6.45) is 0. The van der Waals surface area contributed by atoms with Crippen molar-refractivity contribution >= 4 is 43.5 Å². The summed E-state index contributed by atoms with van der Waals surface area (Å²) in [6.45, 7) is 4.08. The van der Waals surface area contributed by atoms with Gasteiger partial charge in [-0.05, 0) is 49.5 Å². The van der Waals surface area contributed by atoms with Gasteiger partial charge in [-0.2, -0.15) is 0 Å². The minimum absolute atomic E-state index is 0.210. The molecule has 102 valence electrons. The summed E-state index contributed by atoms with van der Waals surface area (Å²) in [4.78, 5) is 0. The van der Waals surface area contributed by atoms with Crippen LogP contribution in [0.4, 0.5) is 0 Å². The lowest BCUT2D eigenvalue weighted by atomic mass is 10.2. The van der Waals surface area contributed by atoms with Gasteiger partial charge < -0.3 is 4.74 Å². The number of hydrogen-bond donors (Lipinski definition) is 0. The molecule has 1 aromatic carbocycles. The molecule has 0 amide bonds. The first kappa shape index (κ1) is 14.8. The Balaban J connectivity index is 2.68. The first-order chi connectivity index (χ1) is 8.95. The molecule has 7 heteroatoms.